The van der Waals surface area contributed by atoms with Crippen molar-refractivity contribution in [3.05, 3.63) is 35.4 Å². The molecule has 2 rings (SSSR count). The van der Waals surface area contributed by atoms with Crippen LogP contribution in [-0.2, 0) is 22.6 Å². The Kier molecular flexibility index (Phi) is 7.97. The summed E-state index contributed by atoms with van der Waals surface area (Å²) in [5, 5.41) is 2.26. The van der Waals surface area contributed by atoms with Crippen LogP contribution in [0.5, 0.6) is 0 Å². The minimum atomic E-state index is -4.40. The van der Waals surface area contributed by atoms with Crippen molar-refractivity contribution in [2.75, 3.05) is 12.3 Å². The molecule has 1 aromatic rings. The smallest absolute Gasteiger partial charge is 0.370 e. The van der Waals surface area contributed by atoms with E-state index in [1.807, 2.05) is 0 Å². The van der Waals surface area contributed by atoms with E-state index in [4.69, 9.17) is 5.73 Å². The molecule has 0 bridgehead atoms. The highest BCUT2D eigenvalue weighted by Gasteiger charge is 2.30. The van der Waals surface area contributed by atoms with Crippen LogP contribution in [0, 0.1) is 0 Å². The van der Waals surface area contributed by atoms with Crippen LogP contribution in [0.4, 0.5) is 13.2 Å². The van der Waals surface area contributed by atoms with Gasteiger partial charge >= 0.3 is 6.18 Å². The quantitative estimate of drug-likeness (QED) is 0.386. The fourth-order valence-electron chi connectivity index (χ4n) is 2.55. The third-order valence-corrected chi connectivity index (χ3v) is 6.19. The summed E-state index contributed by atoms with van der Waals surface area (Å²) in [5.41, 5.74) is 5.31. The van der Waals surface area contributed by atoms with Crippen LogP contribution in [0.25, 0.3) is 0 Å². The molecule has 0 aliphatic carbocycles. The molecule has 10 heteroatoms. The summed E-state index contributed by atoms with van der Waals surface area (Å²) in [5.74, 6) is 0.203. The minimum Gasteiger partial charge on any atom is -0.370 e. The van der Waals surface area contributed by atoms with Gasteiger partial charge in [0.05, 0.1) is 23.1 Å². The number of benzene rings is 1. The molecule has 0 spiro atoms. The Hall–Kier alpha value is -1.04. The number of rotatable bonds is 4. The van der Waals surface area contributed by atoms with Gasteiger partial charge in [-0.3, -0.25) is 0 Å². The van der Waals surface area contributed by atoms with E-state index in [0.29, 0.717) is 18.4 Å². The molecular weight excluding hydrogens is 470 g/mol. The summed E-state index contributed by atoms with van der Waals surface area (Å²) >= 11 is 0. The molecule has 1 saturated heterocycles. The van der Waals surface area contributed by atoms with E-state index < -0.39 is 26.8 Å². The predicted molar refractivity (Wildman–Crippen MR) is 102 cm³/mol. The zero-order valence-electron chi connectivity index (χ0n) is 13.4. The average Bonchev–Trinajstić information content (AvgIpc) is 2.51. The van der Waals surface area contributed by atoms with Crippen molar-refractivity contribution in [1.29, 1.82) is 0 Å². The van der Waals surface area contributed by atoms with Crippen LogP contribution < -0.4 is 11.1 Å². The first kappa shape index (κ1) is 22.0. The van der Waals surface area contributed by atoms with Crippen LogP contribution in [0.2, 0.25) is 0 Å². The minimum absolute atomic E-state index is 0. The molecule has 1 fully saturated rings. The number of sulfone groups is 1. The first-order valence-corrected chi connectivity index (χ1v) is 9.31. The molecule has 3 N–H and O–H groups in total. The molecule has 5 nitrogen and oxygen atoms in total. The maximum atomic E-state index is 12.6. The van der Waals surface area contributed by atoms with E-state index in [9.17, 15) is 21.6 Å². The van der Waals surface area contributed by atoms with E-state index in [0.717, 1.165) is 18.6 Å². The van der Waals surface area contributed by atoms with Crippen LogP contribution in [0.1, 0.15) is 30.4 Å². The van der Waals surface area contributed by atoms with E-state index >= 15 is 0 Å². The summed E-state index contributed by atoms with van der Waals surface area (Å²) in [6, 6.07) is 4.84. The molecule has 1 heterocycles. The highest BCUT2D eigenvalue weighted by molar-refractivity contribution is 14.0. The monoisotopic (exact) mass is 491 g/mol. The van der Waals surface area contributed by atoms with E-state index in [1.165, 1.54) is 12.1 Å². The lowest BCUT2D eigenvalue weighted by molar-refractivity contribution is -0.137. The van der Waals surface area contributed by atoms with Gasteiger partial charge in [-0.15, -0.1) is 24.0 Å². The standard InChI is InChI=1S/C15H20F3N3O2S.HI/c16-15(17,18)12-5-3-4-11(8-12)9-20-14(19)21-10-13-6-1-2-7-24(13,22)23;/h3-5,8,13H,1-2,6-7,9-10H2,(H3,19,20,21);1H. The van der Waals surface area contributed by atoms with Gasteiger partial charge in [0.2, 0.25) is 0 Å². The number of guanidine groups is 1. The van der Waals surface area contributed by atoms with Crippen molar-refractivity contribution in [3.63, 3.8) is 0 Å². The maximum absolute atomic E-state index is 12.6. The average molecular weight is 491 g/mol. The summed E-state index contributed by atoms with van der Waals surface area (Å²) in [4.78, 5) is 3.97. The summed E-state index contributed by atoms with van der Waals surface area (Å²) in [7, 11) is -3.11. The van der Waals surface area contributed by atoms with Crippen molar-refractivity contribution in [3.8, 4) is 0 Å². The second-order valence-electron chi connectivity index (χ2n) is 5.77. The molecular formula is C15H21F3IN3O2S. The van der Waals surface area contributed by atoms with Gasteiger partial charge in [0.15, 0.2) is 15.8 Å². The molecule has 1 aliphatic heterocycles. The van der Waals surface area contributed by atoms with Gasteiger partial charge in [0.1, 0.15) is 0 Å². The molecule has 0 aromatic heterocycles. The Morgan fingerprint density at radius 2 is 2.04 bits per heavy atom. The van der Waals surface area contributed by atoms with E-state index in [1.54, 1.807) is 0 Å². The second-order valence-corrected chi connectivity index (χ2v) is 8.17. The van der Waals surface area contributed by atoms with Crippen LogP contribution >= 0.6 is 24.0 Å². The Morgan fingerprint density at radius 3 is 2.68 bits per heavy atom. The highest BCUT2D eigenvalue weighted by Crippen LogP contribution is 2.29. The summed E-state index contributed by atoms with van der Waals surface area (Å²) in [6.07, 6.45) is -2.29. The topological polar surface area (TPSA) is 84.5 Å². The van der Waals surface area contributed by atoms with Crippen molar-refractivity contribution < 1.29 is 21.6 Å². The first-order valence-electron chi connectivity index (χ1n) is 7.60. The van der Waals surface area contributed by atoms with Crippen molar-refractivity contribution >= 4 is 39.8 Å². The molecule has 1 aromatic carbocycles. The number of aliphatic imine (C=N–C) groups is 1. The van der Waals surface area contributed by atoms with Gasteiger partial charge < -0.3 is 11.1 Å². The number of nitrogens with two attached hydrogens (primary N) is 1. The Labute approximate surface area is 162 Å². The van der Waals surface area contributed by atoms with Crippen LogP contribution in [0.3, 0.4) is 0 Å². The SMILES string of the molecule is I.NC(=NCc1cccc(C(F)(F)F)c1)NCC1CCCCS1(=O)=O. The zero-order valence-corrected chi connectivity index (χ0v) is 16.6. The van der Waals surface area contributed by atoms with Crippen LogP contribution in [-0.4, -0.2) is 31.9 Å². The number of nitrogens with zero attached hydrogens (tertiary/aromatic N) is 1. The highest BCUT2D eigenvalue weighted by atomic mass is 127. The predicted octanol–water partition coefficient (Wildman–Crippen LogP) is 2.70. The number of nitrogens with one attached hydrogen (secondary N) is 1. The van der Waals surface area contributed by atoms with Crippen molar-refractivity contribution in [2.45, 2.75) is 37.2 Å². The zero-order chi connectivity index (χ0) is 17.8. The lowest BCUT2D eigenvalue weighted by atomic mass is 10.1. The molecule has 1 unspecified atom stereocenters. The Morgan fingerprint density at radius 1 is 1.32 bits per heavy atom. The number of hydrogen-bond donors (Lipinski definition) is 2. The normalized spacial score (nSPS) is 20.6. The fraction of sp³-hybridized carbons (Fsp3) is 0.533. The number of alkyl halides is 3. The van der Waals surface area contributed by atoms with Gasteiger partial charge in [0, 0.05) is 6.54 Å². The maximum Gasteiger partial charge on any atom is 0.416 e. The fourth-order valence-corrected chi connectivity index (χ4v) is 4.35. The third kappa shape index (κ3) is 6.65. The summed E-state index contributed by atoms with van der Waals surface area (Å²) < 4.78 is 61.7. The van der Waals surface area contributed by atoms with Crippen molar-refractivity contribution in [1.82, 2.24) is 5.32 Å². The van der Waals surface area contributed by atoms with E-state index in [-0.39, 0.29) is 48.8 Å². The number of hydrogen-bond acceptors (Lipinski definition) is 3. The first-order chi connectivity index (χ1) is 11.2. The van der Waals surface area contributed by atoms with Crippen LogP contribution in [0.15, 0.2) is 29.3 Å². The molecule has 0 amide bonds. The second kappa shape index (κ2) is 9.06. The Bertz CT molecular complexity index is 708. The largest absolute Gasteiger partial charge is 0.416 e. The molecule has 25 heavy (non-hydrogen) atoms. The molecule has 1 aliphatic rings. The molecule has 142 valence electrons. The van der Waals surface area contributed by atoms with Gasteiger partial charge in [-0.05, 0) is 30.5 Å². The molecule has 0 radical (unpaired) electrons. The van der Waals surface area contributed by atoms with Gasteiger partial charge in [-0.1, -0.05) is 18.6 Å². The molecule has 0 saturated carbocycles. The lowest BCUT2D eigenvalue weighted by Crippen LogP contribution is -2.42. The van der Waals surface area contributed by atoms with Gasteiger partial charge in [0.25, 0.3) is 0 Å². The Balaban J connectivity index is 0.00000312. The lowest BCUT2D eigenvalue weighted by Gasteiger charge is -2.22. The van der Waals surface area contributed by atoms with Gasteiger partial charge in [-0.2, -0.15) is 13.2 Å². The van der Waals surface area contributed by atoms with E-state index in [2.05, 4.69) is 10.3 Å². The van der Waals surface area contributed by atoms with Gasteiger partial charge in [-0.25, -0.2) is 13.4 Å². The third-order valence-electron chi connectivity index (χ3n) is 3.91. The summed E-state index contributed by atoms with van der Waals surface area (Å²) in [6.45, 7) is 0.153. The van der Waals surface area contributed by atoms with Crippen molar-refractivity contribution in [2.24, 2.45) is 10.7 Å². The molecule has 1 atom stereocenters. The number of halogens is 4.